The zero-order valence-electron chi connectivity index (χ0n) is 14.2. The van der Waals surface area contributed by atoms with Crippen molar-refractivity contribution in [1.29, 1.82) is 5.26 Å². The maximum absolute atomic E-state index is 10.8. The van der Waals surface area contributed by atoms with Gasteiger partial charge in [0.1, 0.15) is 0 Å². The van der Waals surface area contributed by atoms with Gasteiger partial charge in [0.25, 0.3) is 0 Å². The molecule has 0 amide bonds. The van der Waals surface area contributed by atoms with Crippen LogP contribution in [0.2, 0.25) is 0 Å². The number of rotatable bonds is 5. The van der Waals surface area contributed by atoms with Gasteiger partial charge >= 0.3 is 0 Å². The summed E-state index contributed by atoms with van der Waals surface area (Å²) in [4.78, 5) is 2.24. The third-order valence-corrected chi connectivity index (χ3v) is 4.70. The number of nitriles is 1. The zero-order valence-corrected chi connectivity index (χ0v) is 14.2. The molecule has 1 N–H and O–H groups in total. The van der Waals surface area contributed by atoms with Crippen molar-refractivity contribution >= 4 is 0 Å². The highest BCUT2D eigenvalue weighted by Crippen LogP contribution is 2.29. The first-order valence-electron chi connectivity index (χ1n) is 8.20. The van der Waals surface area contributed by atoms with E-state index >= 15 is 0 Å². The van der Waals surface area contributed by atoms with Gasteiger partial charge in [0.05, 0.1) is 29.8 Å². The Labute approximate surface area is 142 Å². The van der Waals surface area contributed by atoms with Gasteiger partial charge in [0.15, 0.2) is 0 Å². The van der Waals surface area contributed by atoms with Gasteiger partial charge in [-0.1, -0.05) is 29.5 Å². The molecule has 0 saturated carbocycles. The lowest BCUT2D eigenvalue weighted by atomic mass is 9.83. The Kier molecular flexibility index (Phi) is 4.39. The predicted molar refractivity (Wildman–Crippen MR) is 89.9 cm³/mol. The van der Waals surface area contributed by atoms with Crippen LogP contribution in [0.15, 0.2) is 36.7 Å². The second-order valence-corrected chi connectivity index (χ2v) is 7.18. The molecular weight excluding hydrogens is 302 g/mol. The molecule has 2 aromatic rings. The van der Waals surface area contributed by atoms with E-state index in [1.165, 1.54) is 0 Å². The summed E-state index contributed by atoms with van der Waals surface area (Å²) in [5, 5.41) is 28.0. The number of β-amino-alcohol motifs (C(OH)–C–C–N with tert-alkyl or cyclic N) is 1. The van der Waals surface area contributed by atoms with Crippen LogP contribution in [-0.2, 0) is 18.5 Å². The Morgan fingerprint density at radius 2 is 2.17 bits per heavy atom. The largest absolute Gasteiger partial charge is 0.387 e. The van der Waals surface area contributed by atoms with E-state index in [2.05, 4.69) is 27.3 Å². The monoisotopic (exact) mass is 325 g/mol. The molecule has 1 atom stereocenters. The summed E-state index contributed by atoms with van der Waals surface area (Å²) in [5.41, 5.74) is 0.897. The molecule has 6 nitrogen and oxygen atoms in total. The van der Waals surface area contributed by atoms with Gasteiger partial charge in [-0.05, 0) is 31.4 Å². The van der Waals surface area contributed by atoms with Crippen molar-refractivity contribution in [2.45, 2.75) is 44.4 Å². The Bertz CT molecular complexity index is 734. The molecule has 1 unspecified atom stereocenters. The number of aromatic nitrogens is 3. The third kappa shape index (κ3) is 3.48. The molecule has 1 aromatic carbocycles. The van der Waals surface area contributed by atoms with E-state index in [0.717, 1.165) is 24.2 Å². The van der Waals surface area contributed by atoms with Gasteiger partial charge in [-0.2, -0.15) is 5.26 Å². The maximum Gasteiger partial charge on any atom is 0.0981 e. The van der Waals surface area contributed by atoms with Crippen LogP contribution in [0.3, 0.4) is 0 Å². The smallest absolute Gasteiger partial charge is 0.0981 e. The summed E-state index contributed by atoms with van der Waals surface area (Å²) in [6, 6.07) is 10.5. The standard InChI is InChI=1S/C18H23N5O/c1-17(2,12-19)16-6-4-3-5-15(16)11-22-9-7-18(24,13-22)14-23-10-8-20-21-23/h3-6,8,10,24H,7,9,11,13-14H2,1-2H3. The van der Waals surface area contributed by atoms with Gasteiger partial charge in [-0.15, -0.1) is 5.10 Å². The fourth-order valence-corrected chi connectivity index (χ4v) is 3.39. The van der Waals surface area contributed by atoms with Crippen molar-refractivity contribution in [2.75, 3.05) is 13.1 Å². The molecular formula is C18H23N5O. The molecule has 1 aliphatic rings. The lowest BCUT2D eigenvalue weighted by Gasteiger charge is -2.25. The van der Waals surface area contributed by atoms with Gasteiger partial charge in [-0.3, -0.25) is 4.90 Å². The Morgan fingerprint density at radius 3 is 2.88 bits per heavy atom. The van der Waals surface area contributed by atoms with Crippen molar-refractivity contribution in [3.8, 4) is 6.07 Å². The SMILES string of the molecule is CC(C)(C#N)c1ccccc1CN1CCC(O)(Cn2ccnn2)C1. The lowest BCUT2D eigenvalue weighted by Crippen LogP contribution is -2.37. The highest BCUT2D eigenvalue weighted by Gasteiger charge is 2.37. The lowest BCUT2D eigenvalue weighted by molar-refractivity contribution is 0.0274. The van der Waals surface area contributed by atoms with Gasteiger partial charge in [0.2, 0.25) is 0 Å². The van der Waals surface area contributed by atoms with Crippen molar-refractivity contribution in [3.63, 3.8) is 0 Å². The van der Waals surface area contributed by atoms with E-state index in [-0.39, 0.29) is 0 Å². The van der Waals surface area contributed by atoms with Crippen molar-refractivity contribution in [1.82, 2.24) is 19.9 Å². The highest BCUT2D eigenvalue weighted by atomic mass is 16.3. The Balaban J connectivity index is 1.71. The Morgan fingerprint density at radius 1 is 1.38 bits per heavy atom. The van der Waals surface area contributed by atoms with Crippen molar-refractivity contribution in [3.05, 3.63) is 47.8 Å². The van der Waals surface area contributed by atoms with Crippen LogP contribution in [0.5, 0.6) is 0 Å². The molecule has 1 aromatic heterocycles. The first kappa shape index (κ1) is 16.6. The van der Waals surface area contributed by atoms with E-state index in [4.69, 9.17) is 0 Å². The molecule has 0 aliphatic carbocycles. The fraction of sp³-hybridized carbons (Fsp3) is 0.500. The molecule has 0 radical (unpaired) electrons. The van der Waals surface area contributed by atoms with Gasteiger partial charge in [0, 0.05) is 25.8 Å². The van der Waals surface area contributed by atoms with Crippen molar-refractivity contribution in [2.24, 2.45) is 0 Å². The normalized spacial score (nSPS) is 21.8. The Hall–Kier alpha value is -2.23. The van der Waals surface area contributed by atoms with Crippen LogP contribution < -0.4 is 0 Å². The first-order valence-corrected chi connectivity index (χ1v) is 8.20. The topological polar surface area (TPSA) is 78.0 Å². The van der Waals surface area contributed by atoms with Crippen LogP contribution in [0.1, 0.15) is 31.4 Å². The number of nitrogens with zero attached hydrogens (tertiary/aromatic N) is 5. The molecule has 1 fully saturated rings. The summed E-state index contributed by atoms with van der Waals surface area (Å²) < 4.78 is 1.68. The summed E-state index contributed by atoms with van der Waals surface area (Å²) in [6.45, 7) is 6.49. The number of likely N-dealkylation sites (tertiary alicyclic amines) is 1. The number of hydrogen-bond acceptors (Lipinski definition) is 5. The summed E-state index contributed by atoms with van der Waals surface area (Å²) in [7, 11) is 0. The minimum absolute atomic E-state index is 0.453. The quantitative estimate of drug-likeness (QED) is 0.905. The fourth-order valence-electron chi connectivity index (χ4n) is 3.39. The van der Waals surface area contributed by atoms with Gasteiger partial charge < -0.3 is 5.11 Å². The molecule has 3 rings (SSSR count). The average Bonchev–Trinajstić information content (AvgIpc) is 3.18. The highest BCUT2D eigenvalue weighted by molar-refractivity contribution is 5.37. The van der Waals surface area contributed by atoms with Gasteiger partial charge in [-0.25, -0.2) is 4.68 Å². The van der Waals surface area contributed by atoms with E-state index in [1.54, 1.807) is 17.1 Å². The van der Waals surface area contributed by atoms with Crippen LogP contribution in [-0.4, -0.2) is 43.7 Å². The molecule has 1 aliphatic heterocycles. The number of hydrogen-bond donors (Lipinski definition) is 1. The van der Waals surface area contributed by atoms with E-state index in [1.807, 2.05) is 32.0 Å². The van der Waals surface area contributed by atoms with E-state index in [9.17, 15) is 10.4 Å². The van der Waals surface area contributed by atoms with E-state index < -0.39 is 11.0 Å². The minimum Gasteiger partial charge on any atom is -0.387 e. The predicted octanol–water partition coefficient (Wildman–Crippen LogP) is 1.72. The molecule has 1 saturated heterocycles. The molecule has 126 valence electrons. The first-order chi connectivity index (χ1) is 11.4. The molecule has 0 bridgehead atoms. The van der Waals surface area contributed by atoms with Crippen molar-refractivity contribution < 1.29 is 5.11 Å². The molecule has 0 spiro atoms. The number of benzene rings is 1. The molecule has 2 heterocycles. The molecule has 6 heteroatoms. The second-order valence-electron chi connectivity index (χ2n) is 7.18. The van der Waals surface area contributed by atoms with Crippen LogP contribution in [0.4, 0.5) is 0 Å². The summed E-state index contributed by atoms with van der Waals surface area (Å²) in [6.07, 6.45) is 4.10. The average molecular weight is 325 g/mol. The third-order valence-electron chi connectivity index (χ3n) is 4.70. The zero-order chi connectivity index (χ0) is 17.2. The maximum atomic E-state index is 10.8. The second kappa shape index (κ2) is 6.34. The molecule has 24 heavy (non-hydrogen) atoms. The summed E-state index contributed by atoms with van der Waals surface area (Å²) in [5.74, 6) is 0. The van der Waals surface area contributed by atoms with Crippen LogP contribution in [0, 0.1) is 11.3 Å². The van der Waals surface area contributed by atoms with Crippen LogP contribution in [0.25, 0.3) is 0 Å². The minimum atomic E-state index is -0.784. The van der Waals surface area contributed by atoms with Crippen LogP contribution >= 0.6 is 0 Å². The number of aliphatic hydroxyl groups is 1. The summed E-state index contributed by atoms with van der Waals surface area (Å²) >= 11 is 0. The van der Waals surface area contributed by atoms with E-state index in [0.29, 0.717) is 19.5 Å².